The summed E-state index contributed by atoms with van der Waals surface area (Å²) in [7, 11) is 0. The Morgan fingerprint density at radius 2 is 1.78 bits per heavy atom. The van der Waals surface area contributed by atoms with Crippen LogP contribution < -0.4 is 0 Å². The maximum absolute atomic E-state index is 6.97. The highest BCUT2D eigenvalue weighted by molar-refractivity contribution is 6.30. The van der Waals surface area contributed by atoms with Crippen LogP contribution in [0.2, 0.25) is 5.02 Å². The van der Waals surface area contributed by atoms with Gasteiger partial charge in [-0.15, -0.1) is 0 Å². The van der Waals surface area contributed by atoms with E-state index in [0.717, 1.165) is 10.6 Å². The van der Waals surface area contributed by atoms with Gasteiger partial charge in [-0.05, 0) is 24.3 Å². The van der Waals surface area contributed by atoms with Crippen LogP contribution in [0.15, 0.2) is 24.3 Å². The van der Waals surface area contributed by atoms with Gasteiger partial charge in [-0.25, -0.2) is 0 Å². The molecule has 0 spiro atoms. The van der Waals surface area contributed by atoms with E-state index in [1.54, 1.807) is 12.1 Å². The first-order valence-electron chi connectivity index (χ1n) is 2.72. The normalized spacial score (nSPS) is 9.56. The number of rotatable bonds is 1. The molecule has 1 aromatic rings. The summed E-state index contributed by atoms with van der Waals surface area (Å²) < 4.78 is 0. The van der Waals surface area contributed by atoms with Gasteiger partial charge in [0.15, 0.2) is 6.61 Å². The second kappa shape index (κ2) is 2.85. The van der Waals surface area contributed by atoms with E-state index < -0.39 is 0 Å². The number of hydrogen-bond donors (Lipinski definition) is 0. The van der Waals surface area contributed by atoms with Crippen molar-refractivity contribution >= 4 is 11.6 Å². The Labute approximate surface area is 58.9 Å². The molecule has 2 N–H and O–H groups in total. The SMILES string of the molecule is [OH2+]Cc1ccc(Cl)cc1. The van der Waals surface area contributed by atoms with Gasteiger partial charge in [0.2, 0.25) is 0 Å². The third-order valence-corrected chi connectivity index (χ3v) is 1.37. The molecule has 0 saturated heterocycles. The van der Waals surface area contributed by atoms with E-state index in [0.29, 0.717) is 6.61 Å². The minimum atomic E-state index is 0.331. The van der Waals surface area contributed by atoms with Crippen LogP contribution in [0.25, 0.3) is 0 Å². The average molecular weight is 144 g/mol. The van der Waals surface area contributed by atoms with Crippen molar-refractivity contribution in [1.29, 1.82) is 0 Å². The van der Waals surface area contributed by atoms with Gasteiger partial charge in [0, 0.05) is 10.6 Å². The summed E-state index contributed by atoms with van der Waals surface area (Å²) >= 11 is 5.61. The Morgan fingerprint density at radius 1 is 1.22 bits per heavy atom. The molecule has 0 aliphatic heterocycles. The van der Waals surface area contributed by atoms with E-state index in [1.807, 2.05) is 12.1 Å². The van der Waals surface area contributed by atoms with Crippen LogP contribution in [-0.4, -0.2) is 5.11 Å². The van der Waals surface area contributed by atoms with Crippen LogP contribution in [-0.2, 0) is 6.61 Å². The molecule has 1 nitrogen and oxygen atoms in total. The van der Waals surface area contributed by atoms with E-state index in [9.17, 15) is 0 Å². The van der Waals surface area contributed by atoms with Gasteiger partial charge in [0.05, 0.1) is 0 Å². The highest BCUT2D eigenvalue weighted by Crippen LogP contribution is 2.08. The molecule has 0 heterocycles. The maximum atomic E-state index is 6.97. The Hall–Kier alpha value is -0.530. The van der Waals surface area contributed by atoms with E-state index >= 15 is 0 Å². The van der Waals surface area contributed by atoms with Crippen molar-refractivity contribution in [3.63, 3.8) is 0 Å². The van der Waals surface area contributed by atoms with E-state index in [-0.39, 0.29) is 0 Å². The lowest BCUT2D eigenvalue weighted by atomic mass is 10.2. The number of hydrogen-bond acceptors (Lipinski definition) is 0. The summed E-state index contributed by atoms with van der Waals surface area (Å²) in [6, 6.07) is 7.31. The molecular weight excluding hydrogens is 136 g/mol. The van der Waals surface area contributed by atoms with Gasteiger partial charge in [-0.1, -0.05) is 11.6 Å². The minimum Gasteiger partial charge on any atom is -0.442 e. The molecule has 2 heteroatoms. The Kier molecular flexibility index (Phi) is 2.09. The second-order valence-corrected chi connectivity index (χ2v) is 2.24. The monoisotopic (exact) mass is 143 g/mol. The summed E-state index contributed by atoms with van der Waals surface area (Å²) in [5.41, 5.74) is 0.999. The molecule has 9 heavy (non-hydrogen) atoms. The maximum Gasteiger partial charge on any atom is 0.169 e. The van der Waals surface area contributed by atoms with Gasteiger partial charge in [-0.3, -0.25) is 0 Å². The van der Waals surface area contributed by atoms with Crippen LogP contribution in [0.4, 0.5) is 0 Å². The van der Waals surface area contributed by atoms with Crippen molar-refractivity contribution in [2.75, 3.05) is 0 Å². The van der Waals surface area contributed by atoms with Crippen LogP contribution in [0.3, 0.4) is 0 Å². The van der Waals surface area contributed by atoms with Crippen LogP contribution in [0.1, 0.15) is 5.56 Å². The first kappa shape index (κ1) is 6.59. The molecule has 0 unspecified atom stereocenters. The zero-order valence-corrected chi connectivity index (χ0v) is 5.65. The van der Waals surface area contributed by atoms with Crippen molar-refractivity contribution in [2.24, 2.45) is 0 Å². The summed E-state index contributed by atoms with van der Waals surface area (Å²) in [6.45, 7) is 0.331. The van der Waals surface area contributed by atoms with Gasteiger partial charge in [0.1, 0.15) is 0 Å². The summed E-state index contributed by atoms with van der Waals surface area (Å²) in [5, 5.41) is 7.70. The van der Waals surface area contributed by atoms with Crippen LogP contribution in [0.5, 0.6) is 0 Å². The van der Waals surface area contributed by atoms with Crippen molar-refractivity contribution in [1.82, 2.24) is 0 Å². The lowest BCUT2D eigenvalue weighted by Gasteiger charge is -1.90. The van der Waals surface area contributed by atoms with Crippen molar-refractivity contribution in [3.05, 3.63) is 34.9 Å². The van der Waals surface area contributed by atoms with Gasteiger partial charge < -0.3 is 5.11 Å². The molecule has 48 valence electrons. The Bertz CT molecular complexity index is 181. The zero-order chi connectivity index (χ0) is 6.69. The lowest BCUT2D eigenvalue weighted by Crippen LogP contribution is -1.79. The van der Waals surface area contributed by atoms with E-state index in [1.165, 1.54) is 0 Å². The third kappa shape index (κ3) is 1.70. The van der Waals surface area contributed by atoms with Gasteiger partial charge in [0.25, 0.3) is 0 Å². The highest BCUT2D eigenvalue weighted by atomic mass is 35.5. The summed E-state index contributed by atoms with van der Waals surface area (Å²) in [6.07, 6.45) is 0. The van der Waals surface area contributed by atoms with Gasteiger partial charge >= 0.3 is 0 Å². The fraction of sp³-hybridized carbons (Fsp3) is 0.143. The molecule has 1 rings (SSSR count). The van der Waals surface area contributed by atoms with Crippen LogP contribution in [0, 0.1) is 0 Å². The summed E-state index contributed by atoms with van der Waals surface area (Å²) in [4.78, 5) is 0. The number of benzene rings is 1. The van der Waals surface area contributed by atoms with Crippen molar-refractivity contribution < 1.29 is 5.11 Å². The molecule has 0 fully saturated rings. The smallest absolute Gasteiger partial charge is 0.169 e. The second-order valence-electron chi connectivity index (χ2n) is 1.80. The average Bonchev–Trinajstić information content (AvgIpc) is 1.90. The van der Waals surface area contributed by atoms with Crippen molar-refractivity contribution in [3.8, 4) is 0 Å². The van der Waals surface area contributed by atoms with Crippen LogP contribution >= 0.6 is 11.6 Å². The largest absolute Gasteiger partial charge is 0.442 e. The minimum absolute atomic E-state index is 0.331. The fourth-order valence-corrected chi connectivity index (χ4v) is 0.728. The van der Waals surface area contributed by atoms with Crippen molar-refractivity contribution in [2.45, 2.75) is 6.61 Å². The predicted octanol–water partition coefficient (Wildman–Crippen LogP) is 1.56. The lowest BCUT2D eigenvalue weighted by molar-refractivity contribution is 0.282. The topological polar surface area (TPSA) is 22.9 Å². The van der Waals surface area contributed by atoms with Gasteiger partial charge in [-0.2, -0.15) is 0 Å². The zero-order valence-electron chi connectivity index (χ0n) is 4.89. The molecule has 1 aromatic carbocycles. The highest BCUT2D eigenvalue weighted by Gasteiger charge is 1.89. The fourth-order valence-electron chi connectivity index (χ4n) is 0.602. The molecular formula is C7H8ClO+. The molecule has 0 saturated carbocycles. The standard InChI is InChI=1S/C7H7ClO/c8-7-3-1-6(5-9)2-4-7/h1-4,9H,5H2/p+1. The van der Waals surface area contributed by atoms with E-state index in [4.69, 9.17) is 16.7 Å². The molecule has 0 aromatic heterocycles. The molecule has 0 bridgehead atoms. The molecule has 0 radical (unpaired) electrons. The number of halogens is 1. The predicted molar refractivity (Wildman–Crippen MR) is 38.8 cm³/mol. The molecule has 0 atom stereocenters. The van der Waals surface area contributed by atoms with E-state index in [2.05, 4.69) is 0 Å². The quantitative estimate of drug-likeness (QED) is 0.533. The summed E-state index contributed by atoms with van der Waals surface area (Å²) in [5.74, 6) is 0. The Balaban J connectivity index is 2.88. The molecule has 0 amide bonds. The third-order valence-electron chi connectivity index (χ3n) is 1.12. The first-order valence-corrected chi connectivity index (χ1v) is 3.10. The Morgan fingerprint density at radius 3 is 2.22 bits per heavy atom. The molecule has 0 aliphatic carbocycles. The first-order chi connectivity index (χ1) is 4.33. The molecule has 0 aliphatic rings.